The van der Waals surface area contributed by atoms with Crippen LogP contribution in [0.4, 0.5) is 4.79 Å². The number of aliphatic hydroxyl groups is 1. The van der Waals surface area contributed by atoms with Crippen LogP contribution in [0.1, 0.15) is 27.7 Å². The summed E-state index contributed by atoms with van der Waals surface area (Å²) < 4.78 is 54.8. The number of fused-ring (bicyclic) bond motifs is 6. The van der Waals surface area contributed by atoms with Gasteiger partial charge in [-0.25, -0.2) is 4.79 Å². The third-order valence-corrected chi connectivity index (χ3v) is 6.28. The highest BCUT2D eigenvalue weighted by molar-refractivity contribution is 5.60. The van der Waals surface area contributed by atoms with Crippen LogP contribution < -0.4 is 0 Å². The van der Waals surface area contributed by atoms with Gasteiger partial charge in [0.25, 0.3) is 0 Å². The molecule has 6 fully saturated rings. The van der Waals surface area contributed by atoms with Crippen molar-refractivity contribution in [3.8, 4) is 0 Å². The number of hydrogen-bond acceptors (Lipinski definition) is 12. The van der Waals surface area contributed by atoms with E-state index in [0.717, 1.165) is 0 Å². The van der Waals surface area contributed by atoms with Crippen molar-refractivity contribution < 1.29 is 57.3 Å². The molecule has 12 nitrogen and oxygen atoms in total. The van der Waals surface area contributed by atoms with Crippen molar-refractivity contribution in [2.75, 3.05) is 19.8 Å². The van der Waals surface area contributed by atoms with Gasteiger partial charge >= 0.3 is 6.16 Å². The molecule has 34 heavy (non-hydrogen) atoms. The number of rotatable bonds is 3. The number of hydrogen-bond donors (Lipinski definition) is 1. The van der Waals surface area contributed by atoms with Crippen LogP contribution >= 0.6 is 0 Å². The molecule has 0 aromatic heterocycles. The van der Waals surface area contributed by atoms with E-state index >= 15 is 0 Å². The minimum absolute atomic E-state index is 0.104. The summed E-state index contributed by atoms with van der Waals surface area (Å²) in [6, 6.07) is 0. The van der Waals surface area contributed by atoms with Crippen LogP contribution in [0.5, 0.6) is 0 Å². The van der Waals surface area contributed by atoms with Crippen LogP contribution in [-0.2, 0) is 47.4 Å². The molecule has 0 amide bonds. The lowest BCUT2D eigenvalue weighted by molar-refractivity contribution is -0.215. The van der Waals surface area contributed by atoms with E-state index in [-0.39, 0.29) is 43.7 Å². The van der Waals surface area contributed by atoms with Crippen molar-refractivity contribution in [1.29, 1.82) is 0 Å². The molecule has 0 radical (unpaired) electrons. The molecule has 0 aliphatic carbocycles. The summed E-state index contributed by atoms with van der Waals surface area (Å²) in [5.41, 5.74) is 0. The van der Waals surface area contributed by atoms with Crippen molar-refractivity contribution in [2.24, 2.45) is 0 Å². The standard InChI is InChI=1S/C13H18O7.C9H14O5/c1-4-5-15-12(14)17-7-6-16-9-8(7)18-11-10(9)19-13(2,3)20-11;1-9(2)13-7-6-5(4(10)3-11-6)12-8(7)14-9/h4,7-11H,1,5-6H2,2-3H3;4-8,10H,3H2,1-2H3/t7-,8?,9?,10-,11-;4-,5?,6?,7-,8-/m11/s1. The second-order valence-corrected chi connectivity index (χ2v) is 9.81. The van der Waals surface area contributed by atoms with Crippen LogP contribution in [0.3, 0.4) is 0 Å². The van der Waals surface area contributed by atoms with Gasteiger partial charge in [0.05, 0.1) is 13.2 Å². The molecule has 192 valence electrons. The molecule has 0 bridgehead atoms. The molecule has 0 aromatic carbocycles. The van der Waals surface area contributed by atoms with E-state index in [0.29, 0.717) is 6.61 Å². The van der Waals surface area contributed by atoms with Crippen molar-refractivity contribution in [3.63, 3.8) is 0 Å². The molecule has 0 spiro atoms. The monoisotopic (exact) mass is 488 g/mol. The summed E-state index contributed by atoms with van der Waals surface area (Å²) in [5, 5.41) is 9.52. The first-order valence-corrected chi connectivity index (χ1v) is 11.4. The molecule has 6 rings (SSSR count). The van der Waals surface area contributed by atoms with Gasteiger partial charge in [-0.1, -0.05) is 12.7 Å². The molecule has 6 aliphatic rings. The maximum absolute atomic E-state index is 11.4. The van der Waals surface area contributed by atoms with Crippen LogP contribution in [-0.4, -0.2) is 104 Å². The predicted molar refractivity (Wildman–Crippen MR) is 109 cm³/mol. The Kier molecular flexibility index (Phi) is 6.41. The lowest BCUT2D eigenvalue weighted by Crippen LogP contribution is -2.37. The maximum atomic E-state index is 11.4. The highest BCUT2D eigenvalue weighted by Gasteiger charge is 2.61. The fourth-order valence-corrected chi connectivity index (χ4v) is 4.99. The van der Waals surface area contributed by atoms with E-state index in [9.17, 15) is 9.90 Å². The zero-order chi connectivity index (χ0) is 24.3. The van der Waals surface area contributed by atoms with Gasteiger partial charge < -0.3 is 52.5 Å². The minimum atomic E-state index is -0.762. The summed E-state index contributed by atoms with van der Waals surface area (Å²) in [7, 11) is 0. The van der Waals surface area contributed by atoms with Gasteiger partial charge in [0.1, 0.15) is 49.3 Å². The van der Waals surface area contributed by atoms with Gasteiger partial charge in [-0.3, -0.25) is 0 Å². The van der Waals surface area contributed by atoms with E-state index < -0.39 is 48.6 Å². The lowest BCUT2D eigenvalue weighted by atomic mass is 10.1. The van der Waals surface area contributed by atoms with Gasteiger partial charge in [-0.2, -0.15) is 0 Å². The first kappa shape index (κ1) is 24.3. The average molecular weight is 488 g/mol. The van der Waals surface area contributed by atoms with Gasteiger partial charge in [0.2, 0.25) is 0 Å². The van der Waals surface area contributed by atoms with E-state index in [1.54, 1.807) is 0 Å². The Morgan fingerprint density at radius 2 is 1.44 bits per heavy atom. The second kappa shape index (κ2) is 8.95. The Bertz CT molecular complexity index is 786. The minimum Gasteiger partial charge on any atom is -0.430 e. The second-order valence-electron chi connectivity index (χ2n) is 9.81. The summed E-state index contributed by atoms with van der Waals surface area (Å²) in [4.78, 5) is 11.4. The normalized spacial score (nSPS) is 46.6. The molecular weight excluding hydrogens is 456 g/mol. The molecule has 0 aromatic rings. The molecule has 6 saturated heterocycles. The summed E-state index contributed by atoms with van der Waals surface area (Å²) in [6.07, 6.45) is -2.91. The molecule has 1 N–H and O–H groups in total. The Labute approximate surface area is 197 Å². The fourth-order valence-electron chi connectivity index (χ4n) is 4.99. The predicted octanol–water partition coefficient (Wildman–Crippen LogP) is 0.592. The Morgan fingerprint density at radius 1 is 0.882 bits per heavy atom. The van der Waals surface area contributed by atoms with Gasteiger partial charge in [0.15, 0.2) is 30.3 Å². The fraction of sp³-hybridized carbons (Fsp3) is 0.864. The molecule has 12 heteroatoms. The quantitative estimate of drug-likeness (QED) is 0.441. The van der Waals surface area contributed by atoms with E-state index in [4.69, 9.17) is 47.4 Å². The molecular formula is C22H32O12. The first-order chi connectivity index (χ1) is 16.1. The summed E-state index contributed by atoms with van der Waals surface area (Å²) in [6.45, 7) is 11.5. The first-order valence-electron chi connectivity index (χ1n) is 11.4. The van der Waals surface area contributed by atoms with Crippen LogP contribution in [0.2, 0.25) is 0 Å². The third kappa shape index (κ3) is 4.59. The molecule has 0 saturated carbocycles. The van der Waals surface area contributed by atoms with Crippen LogP contribution in [0.25, 0.3) is 0 Å². The smallest absolute Gasteiger partial charge is 0.430 e. The van der Waals surface area contributed by atoms with E-state index in [1.165, 1.54) is 6.08 Å². The average Bonchev–Trinajstić information content (AvgIpc) is 3.54. The van der Waals surface area contributed by atoms with E-state index in [2.05, 4.69) is 6.58 Å². The topological polar surface area (TPSA) is 130 Å². The maximum Gasteiger partial charge on any atom is 0.509 e. The van der Waals surface area contributed by atoms with Crippen molar-refractivity contribution in [3.05, 3.63) is 12.7 Å². The molecule has 6 heterocycles. The highest BCUT2D eigenvalue weighted by Crippen LogP contribution is 2.43. The Balaban J connectivity index is 0.000000150. The number of carbonyl (C=O) groups excluding carboxylic acids is 1. The number of aliphatic hydroxyl groups excluding tert-OH is 1. The third-order valence-electron chi connectivity index (χ3n) is 6.28. The molecule has 6 aliphatic heterocycles. The SMILES string of the molecule is C=CCOC(=O)O[C@@H]1COC2C1O[C@@H]1OC(C)(C)O[C@H]21.CC1(C)O[C@H]2OC3C(OC[C@H]3O)[C@H]2O1. The summed E-state index contributed by atoms with van der Waals surface area (Å²) >= 11 is 0. The Morgan fingerprint density at radius 3 is 2.06 bits per heavy atom. The van der Waals surface area contributed by atoms with Crippen LogP contribution in [0, 0.1) is 0 Å². The van der Waals surface area contributed by atoms with Gasteiger partial charge in [0, 0.05) is 0 Å². The van der Waals surface area contributed by atoms with Crippen molar-refractivity contribution in [2.45, 2.75) is 101 Å². The molecule has 4 unspecified atom stereocenters. The largest absolute Gasteiger partial charge is 0.509 e. The highest BCUT2D eigenvalue weighted by atomic mass is 16.9. The Hall–Kier alpha value is -1.35. The van der Waals surface area contributed by atoms with Crippen molar-refractivity contribution in [1.82, 2.24) is 0 Å². The van der Waals surface area contributed by atoms with Crippen molar-refractivity contribution >= 4 is 6.16 Å². The summed E-state index contributed by atoms with van der Waals surface area (Å²) in [5.74, 6) is -1.30. The van der Waals surface area contributed by atoms with Gasteiger partial charge in [-0.15, -0.1) is 0 Å². The zero-order valence-corrected chi connectivity index (χ0v) is 19.6. The zero-order valence-electron chi connectivity index (χ0n) is 19.6. The number of ether oxygens (including phenoxy) is 10. The molecule has 10 atom stereocenters. The lowest BCUT2D eigenvalue weighted by Gasteiger charge is -2.22. The van der Waals surface area contributed by atoms with Crippen LogP contribution in [0.15, 0.2) is 12.7 Å². The van der Waals surface area contributed by atoms with E-state index in [1.807, 2.05) is 27.7 Å². The number of carbonyl (C=O) groups is 1. The van der Waals surface area contributed by atoms with Gasteiger partial charge in [-0.05, 0) is 27.7 Å².